The molecule has 0 spiro atoms. The summed E-state index contributed by atoms with van der Waals surface area (Å²) in [4.78, 5) is 15.6. The van der Waals surface area contributed by atoms with Gasteiger partial charge in [0.15, 0.2) is 16.4 Å². The Morgan fingerprint density at radius 1 is 1.08 bits per heavy atom. The van der Waals surface area contributed by atoms with E-state index in [9.17, 15) is 4.79 Å². The van der Waals surface area contributed by atoms with Crippen molar-refractivity contribution < 1.29 is 0 Å². The maximum atomic E-state index is 12.2. The number of rotatable bonds is 4. The number of aromatic nitrogens is 4. The number of aromatic amines is 1. The van der Waals surface area contributed by atoms with Gasteiger partial charge in [-0.2, -0.15) is 0 Å². The van der Waals surface area contributed by atoms with Gasteiger partial charge in [-0.05, 0) is 25.1 Å². The van der Waals surface area contributed by atoms with Crippen LogP contribution in [0.2, 0.25) is 0 Å². The van der Waals surface area contributed by atoms with Crippen LogP contribution in [-0.4, -0.2) is 19.7 Å². The minimum absolute atomic E-state index is 0.0355. The molecular formula is C20H18N4OS. The van der Waals surface area contributed by atoms with E-state index in [1.165, 1.54) is 5.56 Å². The van der Waals surface area contributed by atoms with E-state index in [1.807, 2.05) is 48.0 Å². The predicted molar refractivity (Wildman–Crippen MR) is 105 cm³/mol. The molecule has 6 heteroatoms. The maximum Gasteiger partial charge on any atom is 0.191 e. The van der Waals surface area contributed by atoms with Crippen LogP contribution in [-0.2, 0) is 12.8 Å². The Bertz CT molecular complexity index is 1150. The normalized spacial score (nSPS) is 11.2. The highest BCUT2D eigenvalue weighted by atomic mass is 32.2. The zero-order valence-corrected chi connectivity index (χ0v) is 15.4. The summed E-state index contributed by atoms with van der Waals surface area (Å²) < 4.78 is 1.98. The van der Waals surface area contributed by atoms with E-state index in [1.54, 1.807) is 17.8 Å². The molecule has 26 heavy (non-hydrogen) atoms. The molecule has 0 atom stereocenters. The third kappa shape index (κ3) is 3.15. The Labute approximate surface area is 155 Å². The summed E-state index contributed by atoms with van der Waals surface area (Å²) >= 11 is 1.56. The number of H-pyrrole nitrogens is 1. The number of nitrogens with one attached hydrogen (secondary N) is 1. The number of nitrogens with zero attached hydrogens (tertiary/aromatic N) is 3. The fourth-order valence-corrected chi connectivity index (χ4v) is 3.77. The number of aryl methyl sites for hydroxylation is 1. The fourth-order valence-electron chi connectivity index (χ4n) is 2.95. The molecule has 4 rings (SSSR count). The number of thioether (sulfide) groups is 1. The molecule has 0 unspecified atom stereocenters. The zero-order chi connectivity index (χ0) is 18.1. The average molecular weight is 362 g/mol. The van der Waals surface area contributed by atoms with Gasteiger partial charge >= 0.3 is 0 Å². The molecule has 0 saturated carbocycles. The summed E-state index contributed by atoms with van der Waals surface area (Å²) in [5.74, 6) is 1.46. The molecule has 0 aliphatic rings. The van der Waals surface area contributed by atoms with Crippen LogP contribution < -0.4 is 5.43 Å². The smallest absolute Gasteiger partial charge is 0.191 e. The molecule has 4 aromatic rings. The van der Waals surface area contributed by atoms with Gasteiger partial charge in [0.05, 0.1) is 0 Å². The summed E-state index contributed by atoms with van der Waals surface area (Å²) in [6.07, 6.45) is 0. The molecule has 5 nitrogen and oxygen atoms in total. The first-order chi connectivity index (χ1) is 12.6. The fraction of sp³-hybridized carbons (Fsp3) is 0.150. The minimum Gasteiger partial charge on any atom is -0.357 e. The lowest BCUT2D eigenvalue weighted by Gasteiger charge is -2.06. The van der Waals surface area contributed by atoms with E-state index >= 15 is 0 Å². The first-order valence-electron chi connectivity index (χ1n) is 8.32. The third-order valence-corrected chi connectivity index (χ3v) is 5.33. The molecule has 0 radical (unpaired) electrons. The van der Waals surface area contributed by atoms with Crippen molar-refractivity contribution in [1.82, 2.24) is 19.7 Å². The maximum absolute atomic E-state index is 12.2. The van der Waals surface area contributed by atoms with Crippen LogP contribution in [0.25, 0.3) is 22.3 Å². The summed E-state index contributed by atoms with van der Waals surface area (Å²) in [6, 6.07) is 17.4. The Hall–Kier alpha value is -2.86. The summed E-state index contributed by atoms with van der Waals surface area (Å²) in [7, 11) is 1.96. The molecule has 0 aliphatic heterocycles. The predicted octanol–water partition coefficient (Wildman–Crippen LogP) is 3.92. The second kappa shape index (κ2) is 6.80. The van der Waals surface area contributed by atoms with Gasteiger partial charge < -0.3 is 9.55 Å². The van der Waals surface area contributed by atoms with Crippen molar-refractivity contribution in [3.8, 4) is 11.4 Å². The van der Waals surface area contributed by atoms with Gasteiger partial charge in [0.25, 0.3) is 0 Å². The SMILES string of the molecule is Cc1cccc(-c2nnc(SCc3cc(=O)c4ccccc4[nH]3)n2C)c1. The van der Waals surface area contributed by atoms with Gasteiger partial charge in [-0.15, -0.1) is 10.2 Å². The molecule has 2 aromatic heterocycles. The first kappa shape index (κ1) is 16.6. The highest BCUT2D eigenvalue weighted by molar-refractivity contribution is 7.98. The van der Waals surface area contributed by atoms with Crippen molar-refractivity contribution in [2.75, 3.05) is 0 Å². The van der Waals surface area contributed by atoms with Gasteiger partial charge in [0, 0.05) is 41.0 Å². The van der Waals surface area contributed by atoms with Gasteiger partial charge in [-0.25, -0.2) is 0 Å². The molecule has 0 saturated heterocycles. The van der Waals surface area contributed by atoms with Crippen LogP contribution in [0.5, 0.6) is 0 Å². The standard InChI is InChI=1S/C20H18N4OS/c1-13-6-5-7-14(10-13)19-22-23-20(24(19)2)26-12-15-11-18(25)16-8-3-4-9-17(16)21-15/h3-11H,12H2,1-2H3,(H,21,25). The molecule has 2 heterocycles. The van der Waals surface area contributed by atoms with E-state index in [4.69, 9.17) is 0 Å². The highest BCUT2D eigenvalue weighted by Crippen LogP contribution is 2.25. The van der Waals surface area contributed by atoms with Gasteiger partial charge in [0.2, 0.25) is 0 Å². The van der Waals surface area contributed by atoms with Crippen molar-refractivity contribution >= 4 is 22.7 Å². The summed E-state index contributed by atoms with van der Waals surface area (Å²) in [5.41, 5.74) is 4.00. The van der Waals surface area contributed by atoms with Gasteiger partial charge in [0.1, 0.15) is 0 Å². The molecular weight excluding hydrogens is 344 g/mol. The summed E-state index contributed by atoms with van der Waals surface area (Å²) in [5, 5.41) is 10.2. The number of para-hydroxylation sites is 1. The van der Waals surface area contributed by atoms with Crippen LogP contribution in [0.4, 0.5) is 0 Å². The molecule has 0 fully saturated rings. The van der Waals surface area contributed by atoms with Crippen molar-refractivity contribution in [3.63, 3.8) is 0 Å². The van der Waals surface area contributed by atoms with Crippen molar-refractivity contribution in [3.05, 3.63) is 76.1 Å². The second-order valence-corrected chi connectivity index (χ2v) is 7.17. The Kier molecular flexibility index (Phi) is 4.34. The monoisotopic (exact) mass is 362 g/mol. The van der Waals surface area contributed by atoms with E-state index < -0.39 is 0 Å². The molecule has 1 N–H and O–H groups in total. The third-order valence-electron chi connectivity index (χ3n) is 4.26. The quantitative estimate of drug-likeness (QED) is 0.559. The zero-order valence-electron chi connectivity index (χ0n) is 14.6. The largest absolute Gasteiger partial charge is 0.357 e. The van der Waals surface area contributed by atoms with Crippen molar-refractivity contribution in [2.45, 2.75) is 17.8 Å². The van der Waals surface area contributed by atoms with Crippen molar-refractivity contribution in [1.29, 1.82) is 0 Å². The van der Waals surface area contributed by atoms with E-state index in [2.05, 4.69) is 34.2 Å². The van der Waals surface area contributed by atoms with Crippen LogP contribution in [0.1, 0.15) is 11.3 Å². The van der Waals surface area contributed by atoms with Crippen molar-refractivity contribution in [2.24, 2.45) is 7.05 Å². The summed E-state index contributed by atoms with van der Waals surface area (Å²) in [6.45, 7) is 2.06. The van der Waals surface area contributed by atoms with Gasteiger partial charge in [-0.3, -0.25) is 4.79 Å². The lowest BCUT2D eigenvalue weighted by Crippen LogP contribution is -2.04. The Morgan fingerprint density at radius 3 is 2.77 bits per heavy atom. The molecule has 0 amide bonds. The molecule has 130 valence electrons. The number of fused-ring (bicyclic) bond motifs is 1. The molecule has 0 aliphatic carbocycles. The Morgan fingerprint density at radius 2 is 1.92 bits per heavy atom. The molecule has 2 aromatic carbocycles. The number of hydrogen-bond donors (Lipinski definition) is 1. The van der Waals surface area contributed by atoms with E-state index in [0.717, 1.165) is 27.8 Å². The van der Waals surface area contributed by atoms with Gasteiger partial charge in [-0.1, -0.05) is 47.7 Å². The lowest BCUT2D eigenvalue weighted by atomic mass is 10.1. The lowest BCUT2D eigenvalue weighted by molar-refractivity contribution is 0.793. The minimum atomic E-state index is 0.0355. The van der Waals surface area contributed by atoms with Crippen LogP contribution in [0.3, 0.4) is 0 Å². The number of hydrogen-bond acceptors (Lipinski definition) is 4. The second-order valence-electron chi connectivity index (χ2n) is 6.23. The average Bonchev–Trinajstić information content (AvgIpc) is 3.01. The molecule has 0 bridgehead atoms. The number of benzene rings is 2. The topological polar surface area (TPSA) is 63.6 Å². The highest BCUT2D eigenvalue weighted by Gasteiger charge is 2.12. The van der Waals surface area contributed by atoms with Crippen LogP contribution >= 0.6 is 11.8 Å². The van der Waals surface area contributed by atoms with E-state index in [-0.39, 0.29) is 5.43 Å². The number of pyridine rings is 1. The first-order valence-corrected chi connectivity index (χ1v) is 9.30. The Balaban J connectivity index is 1.58. The van der Waals surface area contributed by atoms with Crippen LogP contribution in [0, 0.1) is 6.92 Å². The van der Waals surface area contributed by atoms with E-state index in [0.29, 0.717) is 11.1 Å². The van der Waals surface area contributed by atoms with Crippen LogP contribution in [0.15, 0.2) is 64.5 Å².